The van der Waals surface area contributed by atoms with Gasteiger partial charge in [-0.2, -0.15) is 0 Å². The Balaban J connectivity index is 0.000000145. The van der Waals surface area contributed by atoms with Crippen molar-refractivity contribution in [2.75, 3.05) is 47.8 Å². The fourth-order valence-electron chi connectivity index (χ4n) is 6.75. The number of nitrogens with zero attached hydrogens (tertiary/aromatic N) is 4. The molecule has 0 aliphatic carbocycles. The molecule has 5 heteroatoms. The maximum absolute atomic E-state index is 2.33. The summed E-state index contributed by atoms with van der Waals surface area (Å²) in [6, 6.07) is 53.6. The summed E-state index contributed by atoms with van der Waals surface area (Å²) in [7, 11) is 8.53. The normalized spacial score (nSPS) is 12.3. The van der Waals surface area contributed by atoms with Gasteiger partial charge in [-0.25, -0.2) is 0 Å². The molecule has 0 radical (unpaired) electrons. The van der Waals surface area contributed by atoms with Gasteiger partial charge in [0.15, 0.2) is 0 Å². The lowest BCUT2D eigenvalue weighted by molar-refractivity contribution is 1.18. The van der Waals surface area contributed by atoms with Gasteiger partial charge in [0.2, 0.25) is 0 Å². The molecule has 6 aromatic rings. The summed E-state index contributed by atoms with van der Waals surface area (Å²) >= 11 is 0. The minimum atomic E-state index is 0.320. The monoisotopic (exact) mass is 584 g/mol. The van der Waals surface area contributed by atoms with Crippen LogP contribution >= 0.6 is 0 Å². The Morgan fingerprint density at radius 3 is 1.22 bits per heavy atom. The van der Waals surface area contributed by atoms with Gasteiger partial charge in [0.05, 0.1) is 0 Å². The molecule has 0 spiro atoms. The second-order valence-corrected chi connectivity index (χ2v) is 11.7. The van der Waals surface area contributed by atoms with Crippen LogP contribution < -0.4 is 36.0 Å². The van der Waals surface area contributed by atoms with Crippen LogP contribution in [0.5, 0.6) is 0 Å². The van der Waals surface area contributed by atoms with E-state index in [2.05, 4.69) is 187 Å². The minimum Gasteiger partial charge on any atom is -0.345 e. The van der Waals surface area contributed by atoms with E-state index in [1.165, 1.54) is 61.9 Å². The van der Waals surface area contributed by atoms with E-state index in [0.29, 0.717) is 6.71 Å². The van der Waals surface area contributed by atoms with Crippen molar-refractivity contribution in [1.29, 1.82) is 0 Å². The lowest BCUT2D eigenvalue weighted by Gasteiger charge is -2.41. The molecule has 8 rings (SSSR count). The summed E-state index contributed by atoms with van der Waals surface area (Å²) < 4.78 is 0. The van der Waals surface area contributed by atoms with Crippen molar-refractivity contribution in [1.82, 2.24) is 0 Å². The lowest BCUT2D eigenvalue weighted by Crippen LogP contribution is -2.61. The first-order chi connectivity index (χ1) is 22.0. The van der Waals surface area contributed by atoms with E-state index < -0.39 is 0 Å². The number of fused-ring (bicyclic) bond motifs is 4. The third-order valence-corrected chi connectivity index (χ3v) is 9.18. The summed E-state index contributed by atoms with van der Waals surface area (Å²) in [4.78, 5) is 9.05. The molecule has 45 heavy (non-hydrogen) atoms. The van der Waals surface area contributed by atoms with Crippen LogP contribution in [0.25, 0.3) is 0 Å². The van der Waals surface area contributed by atoms with Crippen LogP contribution in [0.4, 0.5) is 45.5 Å². The molecule has 0 saturated heterocycles. The van der Waals surface area contributed by atoms with Crippen molar-refractivity contribution >= 4 is 68.6 Å². The van der Waals surface area contributed by atoms with Gasteiger partial charge in [-0.05, 0) is 83.1 Å². The lowest BCUT2D eigenvalue weighted by atomic mass is 9.33. The standard InChI is InChI=1S/C20H17BN2.C20H20N2/c1-22-16-10-5-3-8-14(16)21-15-9-4-6-11-17(15)23(2)19-13-7-12-18(22)20(19)21;1-21(17-10-5-3-6-11-17)19-14-9-15-20(16-19)22(2)18-12-7-4-8-13-18/h3-13H,1-2H3;3-16H,1-2H3. The molecule has 4 nitrogen and oxygen atoms in total. The van der Waals surface area contributed by atoms with Crippen molar-refractivity contribution < 1.29 is 0 Å². The summed E-state index contributed by atoms with van der Waals surface area (Å²) in [5.41, 5.74) is 14.2. The zero-order valence-corrected chi connectivity index (χ0v) is 26.3. The summed E-state index contributed by atoms with van der Waals surface area (Å²) in [6.07, 6.45) is 0. The van der Waals surface area contributed by atoms with E-state index in [9.17, 15) is 0 Å². The third-order valence-electron chi connectivity index (χ3n) is 9.18. The maximum atomic E-state index is 2.33. The number of rotatable bonds is 4. The van der Waals surface area contributed by atoms with Crippen LogP contribution in [0.15, 0.2) is 152 Å². The van der Waals surface area contributed by atoms with E-state index in [1.54, 1.807) is 0 Å². The van der Waals surface area contributed by atoms with Crippen LogP contribution in [0, 0.1) is 0 Å². The quantitative estimate of drug-likeness (QED) is 0.198. The highest BCUT2D eigenvalue weighted by Crippen LogP contribution is 2.35. The Hall–Kier alpha value is -5.42. The van der Waals surface area contributed by atoms with E-state index in [4.69, 9.17) is 0 Å². The van der Waals surface area contributed by atoms with Crippen LogP contribution in [0.1, 0.15) is 0 Å². The topological polar surface area (TPSA) is 13.0 Å². The molecule has 0 aromatic heterocycles. The average molecular weight is 585 g/mol. The average Bonchev–Trinajstić information content (AvgIpc) is 3.12. The maximum Gasteiger partial charge on any atom is 0.252 e. The number of benzene rings is 6. The second-order valence-electron chi connectivity index (χ2n) is 11.7. The molecule has 0 unspecified atom stereocenters. The Morgan fingerprint density at radius 2 is 0.756 bits per heavy atom. The fourth-order valence-corrected chi connectivity index (χ4v) is 6.75. The number of hydrogen-bond acceptors (Lipinski definition) is 4. The van der Waals surface area contributed by atoms with Crippen molar-refractivity contribution in [3.8, 4) is 0 Å². The van der Waals surface area contributed by atoms with Crippen LogP contribution in [0.3, 0.4) is 0 Å². The van der Waals surface area contributed by atoms with Crippen molar-refractivity contribution in [2.24, 2.45) is 0 Å². The summed E-state index contributed by atoms with van der Waals surface area (Å²) in [5.74, 6) is 0. The largest absolute Gasteiger partial charge is 0.345 e. The van der Waals surface area contributed by atoms with Gasteiger partial charge in [-0.15, -0.1) is 0 Å². The molecule has 2 heterocycles. The van der Waals surface area contributed by atoms with Crippen molar-refractivity contribution in [3.63, 3.8) is 0 Å². The molecular formula is C40H37BN4. The predicted molar refractivity (Wildman–Crippen MR) is 196 cm³/mol. The smallest absolute Gasteiger partial charge is 0.252 e. The molecule has 0 amide bonds. The van der Waals surface area contributed by atoms with E-state index in [-0.39, 0.29) is 0 Å². The van der Waals surface area contributed by atoms with Crippen LogP contribution in [-0.4, -0.2) is 34.9 Å². The van der Waals surface area contributed by atoms with Crippen LogP contribution in [0.2, 0.25) is 0 Å². The molecular weight excluding hydrogens is 547 g/mol. The highest BCUT2D eigenvalue weighted by Gasteiger charge is 2.40. The van der Waals surface area contributed by atoms with Gasteiger partial charge >= 0.3 is 0 Å². The van der Waals surface area contributed by atoms with Gasteiger partial charge in [0.1, 0.15) is 0 Å². The Kier molecular flexibility index (Phi) is 7.52. The molecule has 6 aromatic carbocycles. The summed E-state index contributed by atoms with van der Waals surface area (Å²) in [5, 5.41) is 0. The molecule has 0 N–H and O–H groups in total. The van der Waals surface area contributed by atoms with Gasteiger partial charge < -0.3 is 19.6 Å². The van der Waals surface area contributed by atoms with Gasteiger partial charge in [0.25, 0.3) is 6.71 Å². The predicted octanol–water partition coefficient (Wildman–Crippen LogP) is 7.59. The molecule has 2 aliphatic heterocycles. The Bertz CT molecular complexity index is 1810. The number of anilines is 8. The fraction of sp³-hybridized carbons (Fsp3) is 0.100. The first-order valence-corrected chi connectivity index (χ1v) is 15.5. The third kappa shape index (κ3) is 5.10. The highest BCUT2D eigenvalue weighted by molar-refractivity contribution is 7.00. The SMILES string of the molecule is CN(c1ccccc1)c1cccc(N(C)c2ccccc2)c1.CN1c2ccccc2B2c3ccccc3N(C)c3cccc1c32. The Morgan fingerprint density at radius 1 is 0.400 bits per heavy atom. The van der Waals surface area contributed by atoms with Crippen LogP contribution in [-0.2, 0) is 0 Å². The van der Waals surface area contributed by atoms with E-state index in [1.807, 2.05) is 12.1 Å². The Labute approximate surface area is 267 Å². The molecule has 220 valence electrons. The zero-order valence-electron chi connectivity index (χ0n) is 26.3. The number of para-hydroxylation sites is 4. The first kappa shape index (κ1) is 28.4. The van der Waals surface area contributed by atoms with Gasteiger partial charge in [-0.3, -0.25) is 0 Å². The van der Waals surface area contributed by atoms with E-state index >= 15 is 0 Å². The second kappa shape index (κ2) is 11.9. The van der Waals surface area contributed by atoms with Crippen molar-refractivity contribution in [3.05, 3.63) is 152 Å². The first-order valence-electron chi connectivity index (χ1n) is 15.5. The van der Waals surface area contributed by atoms with Gasteiger partial charge in [-0.1, -0.05) is 84.9 Å². The highest BCUT2D eigenvalue weighted by atomic mass is 15.2. The van der Waals surface area contributed by atoms with E-state index in [0.717, 1.165) is 0 Å². The summed E-state index contributed by atoms with van der Waals surface area (Å²) in [6.45, 7) is 0.320. The molecule has 0 atom stereocenters. The molecule has 0 saturated carbocycles. The molecule has 2 aliphatic rings. The molecule has 0 fully saturated rings. The zero-order chi connectivity index (χ0) is 30.9. The van der Waals surface area contributed by atoms with Gasteiger partial charge in [0, 0.05) is 73.7 Å². The number of hydrogen-bond donors (Lipinski definition) is 0. The minimum absolute atomic E-state index is 0.320. The molecule has 0 bridgehead atoms. The van der Waals surface area contributed by atoms with Crippen molar-refractivity contribution in [2.45, 2.75) is 0 Å².